The topological polar surface area (TPSA) is 40.7 Å². The van der Waals surface area contributed by atoms with Crippen molar-refractivity contribution >= 4 is 0 Å². The molecule has 0 atom stereocenters. The summed E-state index contributed by atoms with van der Waals surface area (Å²) >= 11 is 0. The molecule has 0 spiro atoms. The van der Waals surface area contributed by atoms with Gasteiger partial charge in [0.15, 0.2) is 0 Å². The van der Waals surface area contributed by atoms with Gasteiger partial charge < -0.3 is 10.3 Å². The molecular weight excluding hydrogens is 236 g/mol. The third kappa shape index (κ3) is 2.73. The number of imidazole rings is 1. The molecule has 2 aromatic rings. The highest BCUT2D eigenvalue weighted by Crippen LogP contribution is 2.24. The van der Waals surface area contributed by atoms with Crippen molar-refractivity contribution in [3.05, 3.63) is 41.9 Å². The third-order valence-corrected chi connectivity index (χ3v) is 2.70. The first-order valence-corrected chi connectivity index (χ1v) is 5.85. The fourth-order valence-corrected chi connectivity index (χ4v) is 1.80. The van der Waals surface area contributed by atoms with Crippen LogP contribution in [0.3, 0.4) is 0 Å². The average molecular weight is 251 g/mol. The second kappa shape index (κ2) is 5.73. The molecular formula is C13H15F2N3. The molecule has 18 heavy (non-hydrogen) atoms. The number of H-pyrrole nitrogens is 1. The van der Waals surface area contributed by atoms with Crippen LogP contribution in [-0.4, -0.2) is 23.6 Å². The minimum atomic E-state index is -0.583. The molecule has 0 aliphatic heterocycles. The van der Waals surface area contributed by atoms with Gasteiger partial charge in [0.2, 0.25) is 0 Å². The van der Waals surface area contributed by atoms with E-state index in [1.807, 2.05) is 7.05 Å². The normalized spacial score (nSPS) is 10.8. The first kappa shape index (κ1) is 12.7. The number of aromatic nitrogens is 2. The maximum atomic E-state index is 13.6. The van der Waals surface area contributed by atoms with Gasteiger partial charge in [0.1, 0.15) is 17.5 Å². The molecule has 96 valence electrons. The smallest absolute Gasteiger partial charge is 0.135 e. The van der Waals surface area contributed by atoms with Gasteiger partial charge in [0.25, 0.3) is 0 Å². The van der Waals surface area contributed by atoms with Crippen molar-refractivity contribution in [3.63, 3.8) is 0 Å². The van der Waals surface area contributed by atoms with E-state index in [4.69, 9.17) is 0 Å². The van der Waals surface area contributed by atoms with E-state index in [1.165, 1.54) is 24.4 Å². The molecule has 0 saturated carbocycles. The zero-order chi connectivity index (χ0) is 13.0. The summed E-state index contributed by atoms with van der Waals surface area (Å²) in [5.74, 6) is -0.427. The van der Waals surface area contributed by atoms with Gasteiger partial charge in [-0.2, -0.15) is 0 Å². The van der Waals surface area contributed by atoms with E-state index in [2.05, 4.69) is 15.3 Å². The Morgan fingerprint density at radius 2 is 2.00 bits per heavy atom. The number of hydrogen-bond donors (Lipinski definition) is 2. The number of halogens is 2. The number of hydrogen-bond acceptors (Lipinski definition) is 2. The molecule has 2 rings (SSSR count). The van der Waals surface area contributed by atoms with Crippen molar-refractivity contribution in [1.29, 1.82) is 0 Å². The van der Waals surface area contributed by atoms with E-state index < -0.39 is 11.6 Å². The van der Waals surface area contributed by atoms with Crippen molar-refractivity contribution in [1.82, 2.24) is 15.3 Å². The minimum Gasteiger partial charge on any atom is -0.342 e. The molecule has 5 heteroatoms. The monoisotopic (exact) mass is 251 g/mol. The predicted octanol–water partition coefficient (Wildman–Crippen LogP) is 2.51. The van der Waals surface area contributed by atoms with Crippen molar-refractivity contribution in [2.24, 2.45) is 0 Å². The van der Waals surface area contributed by atoms with Crippen LogP contribution >= 0.6 is 0 Å². The van der Waals surface area contributed by atoms with E-state index in [0.29, 0.717) is 5.69 Å². The number of nitrogens with zero attached hydrogens (tertiary/aromatic N) is 1. The molecule has 1 aromatic carbocycles. The van der Waals surface area contributed by atoms with Gasteiger partial charge in [0, 0.05) is 6.42 Å². The number of rotatable bonds is 5. The van der Waals surface area contributed by atoms with Gasteiger partial charge in [-0.3, -0.25) is 0 Å². The van der Waals surface area contributed by atoms with Crippen LogP contribution in [-0.2, 0) is 6.42 Å². The molecule has 0 bridgehead atoms. The Hall–Kier alpha value is -1.75. The Morgan fingerprint density at radius 3 is 2.67 bits per heavy atom. The zero-order valence-corrected chi connectivity index (χ0v) is 10.1. The minimum absolute atomic E-state index is 0.0510. The number of aromatic amines is 1. The van der Waals surface area contributed by atoms with Crippen LogP contribution in [0.15, 0.2) is 24.4 Å². The van der Waals surface area contributed by atoms with E-state index in [-0.39, 0.29) is 5.56 Å². The lowest BCUT2D eigenvalue weighted by Crippen LogP contribution is -2.08. The maximum Gasteiger partial charge on any atom is 0.135 e. The first-order valence-electron chi connectivity index (χ1n) is 5.85. The standard InChI is InChI=1S/C13H15F2N3/c1-16-7-3-6-12-17-8-11(18-12)13-9(14)4-2-5-10(13)15/h2,4-5,8,16H,3,6-7H2,1H3,(H,17,18). The Morgan fingerprint density at radius 1 is 1.28 bits per heavy atom. The number of benzene rings is 1. The summed E-state index contributed by atoms with van der Waals surface area (Å²) in [7, 11) is 1.88. The molecule has 0 fully saturated rings. The third-order valence-electron chi connectivity index (χ3n) is 2.70. The average Bonchev–Trinajstić information content (AvgIpc) is 2.78. The second-order valence-electron chi connectivity index (χ2n) is 4.05. The molecule has 0 saturated heterocycles. The van der Waals surface area contributed by atoms with Gasteiger partial charge in [-0.05, 0) is 32.1 Å². The summed E-state index contributed by atoms with van der Waals surface area (Å²) in [6.07, 6.45) is 3.14. The SMILES string of the molecule is CNCCCc1ncc(-c2c(F)cccc2F)[nH]1. The highest BCUT2D eigenvalue weighted by atomic mass is 19.1. The molecule has 3 nitrogen and oxygen atoms in total. The highest BCUT2D eigenvalue weighted by molar-refractivity contribution is 5.60. The second-order valence-corrected chi connectivity index (χ2v) is 4.05. The van der Waals surface area contributed by atoms with Gasteiger partial charge in [-0.1, -0.05) is 6.07 Å². The Kier molecular flexibility index (Phi) is 4.04. The largest absolute Gasteiger partial charge is 0.342 e. The predicted molar refractivity (Wildman–Crippen MR) is 66.2 cm³/mol. The van der Waals surface area contributed by atoms with Crippen molar-refractivity contribution in [3.8, 4) is 11.3 Å². The van der Waals surface area contributed by atoms with E-state index in [0.717, 1.165) is 25.2 Å². The lowest BCUT2D eigenvalue weighted by Gasteiger charge is -2.01. The summed E-state index contributed by atoms with van der Waals surface area (Å²) in [6.45, 7) is 0.879. The van der Waals surface area contributed by atoms with E-state index in [9.17, 15) is 8.78 Å². The summed E-state index contributed by atoms with van der Waals surface area (Å²) in [5.41, 5.74) is 0.329. The molecule has 2 N–H and O–H groups in total. The first-order chi connectivity index (χ1) is 8.72. The van der Waals surface area contributed by atoms with Gasteiger partial charge in [-0.15, -0.1) is 0 Å². The molecule has 0 aliphatic rings. The zero-order valence-electron chi connectivity index (χ0n) is 10.1. The lowest BCUT2D eigenvalue weighted by atomic mass is 10.1. The molecule has 0 radical (unpaired) electrons. The molecule has 0 unspecified atom stereocenters. The summed E-state index contributed by atoms with van der Waals surface area (Å²) < 4.78 is 27.1. The molecule has 1 aromatic heterocycles. The Bertz CT molecular complexity index is 502. The number of aryl methyl sites for hydroxylation is 1. The van der Waals surface area contributed by atoms with Crippen LogP contribution in [0.4, 0.5) is 8.78 Å². The van der Waals surface area contributed by atoms with Crippen LogP contribution in [0.25, 0.3) is 11.3 Å². The quantitative estimate of drug-likeness (QED) is 0.802. The van der Waals surface area contributed by atoms with Crippen molar-refractivity contribution in [2.75, 3.05) is 13.6 Å². The van der Waals surface area contributed by atoms with Gasteiger partial charge in [-0.25, -0.2) is 13.8 Å². The number of nitrogens with one attached hydrogen (secondary N) is 2. The lowest BCUT2D eigenvalue weighted by molar-refractivity contribution is 0.588. The summed E-state index contributed by atoms with van der Waals surface area (Å²) in [4.78, 5) is 7.08. The molecule has 0 aliphatic carbocycles. The van der Waals surface area contributed by atoms with Crippen LogP contribution in [0.2, 0.25) is 0 Å². The fourth-order valence-electron chi connectivity index (χ4n) is 1.80. The van der Waals surface area contributed by atoms with Crippen molar-refractivity contribution < 1.29 is 8.78 Å². The summed E-state index contributed by atoms with van der Waals surface area (Å²) in [5, 5.41) is 3.03. The molecule has 1 heterocycles. The van der Waals surface area contributed by atoms with Gasteiger partial charge >= 0.3 is 0 Å². The van der Waals surface area contributed by atoms with Crippen molar-refractivity contribution in [2.45, 2.75) is 12.8 Å². The van der Waals surface area contributed by atoms with Crippen LogP contribution < -0.4 is 5.32 Å². The molecule has 0 amide bonds. The Labute approximate surface area is 104 Å². The van der Waals surface area contributed by atoms with Gasteiger partial charge in [0.05, 0.1) is 17.5 Å². The van der Waals surface area contributed by atoms with Crippen LogP contribution in [0.5, 0.6) is 0 Å². The highest BCUT2D eigenvalue weighted by Gasteiger charge is 2.13. The Balaban J connectivity index is 2.19. The van der Waals surface area contributed by atoms with E-state index >= 15 is 0 Å². The van der Waals surface area contributed by atoms with E-state index in [1.54, 1.807) is 0 Å². The fraction of sp³-hybridized carbons (Fsp3) is 0.308. The summed E-state index contributed by atoms with van der Waals surface area (Å²) in [6, 6.07) is 3.82. The maximum absolute atomic E-state index is 13.6. The van der Waals surface area contributed by atoms with Crippen LogP contribution in [0.1, 0.15) is 12.2 Å². The van der Waals surface area contributed by atoms with Crippen LogP contribution in [0, 0.1) is 11.6 Å².